The van der Waals surface area contributed by atoms with Gasteiger partial charge < -0.3 is 14.8 Å². The van der Waals surface area contributed by atoms with E-state index in [-0.39, 0.29) is 5.56 Å². The predicted molar refractivity (Wildman–Crippen MR) is 68.4 cm³/mol. The molecule has 0 aromatic heterocycles. The topological polar surface area (TPSA) is 47.6 Å². The second-order valence-electron chi connectivity index (χ2n) is 4.67. The maximum absolute atomic E-state index is 13.7. The number of rotatable bonds is 5. The van der Waals surface area contributed by atoms with E-state index in [2.05, 4.69) is 10.1 Å². The molecule has 1 aliphatic heterocycles. The smallest absolute Gasteiger partial charge is 0.340 e. The van der Waals surface area contributed by atoms with Crippen LogP contribution in [-0.4, -0.2) is 32.8 Å². The molecule has 1 atom stereocenters. The zero-order valence-corrected chi connectivity index (χ0v) is 10.9. The van der Waals surface area contributed by atoms with E-state index in [1.165, 1.54) is 19.2 Å². The lowest BCUT2D eigenvalue weighted by atomic mass is 10.1. The first-order valence-corrected chi connectivity index (χ1v) is 6.36. The van der Waals surface area contributed by atoms with E-state index < -0.39 is 11.8 Å². The van der Waals surface area contributed by atoms with Crippen LogP contribution in [0.15, 0.2) is 18.2 Å². The third-order valence-corrected chi connectivity index (χ3v) is 3.22. The molecule has 1 N–H and O–H groups in total. The lowest BCUT2D eigenvalue weighted by Gasteiger charge is -2.10. The summed E-state index contributed by atoms with van der Waals surface area (Å²) >= 11 is 0. The van der Waals surface area contributed by atoms with Gasteiger partial charge in [0.1, 0.15) is 5.82 Å². The Morgan fingerprint density at radius 1 is 1.58 bits per heavy atom. The van der Waals surface area contributed by atoms with Crippen molar-refractivity contribution >= 4 is 5.97 Å². The molecule has 1 saturated heterocycles. The van der Waals surface area contributed by atoms with Gasteiger partial charge in [-0.05, 0) is 30.0 Å². The van der Waals surface area contributed by atoms with Gasteiger partial charge in [0.25, 0.3) is 0 Å². The molecule has 0 radical (unpaired) electrons. The number of benzene rings is 1. The second-order valence-corrected chi connectivity index (χ2v) is 4.67. The van der Waals surface area contributed by atoms with Crippen LogP contribution in [0.5, 0.6) is 0 Å². The fraction of sp³-hybridized carbons (Fsp3) is 0.500. The summed E-state index contributed by atoms with van der Waals surface area (Å²) in [7, 11) is 1.24. The fourth-order valence-corrected chi connectivity index (χ4v) is 2.11. The number of methoxy groups -OCH3 is 1. The van der Waals surface area contributed by atoms with Crippen LogP contribution in [0.1, 0.15) is 22.3 Å². The summed E-state index contributed by atoms with van der Waals surface area (Å²) < 4.78 is 23.4. The molecule has 1 aromatic rings. The van der Waals surface area contributed by atoms with Gasteiger partial charge in [-0.25, -0.2) is 9.18 Å². The largest absolute Gasteiger partial charge is 0.465 e. The Kier molecular flexibility index (Phi) is 4.87. The van der Waals surface area contributed by atoms with Crippen molar-refractivity contribution in [3.63, 3.8) is 0 Å². The molecule has 0 aliphatic carbocycles. The van der Waals surface area contributed by atoms with E-state index in [1.807, 2.05) is 0 Å². The normalized spacial score (nSPS) is 18.5. The minimum atomic E-state index is -0.653. The average Bonchev–Trinajstić information content (AvgIpc) is 2.91. The molecule has 5 heteroatoms. The SMILES string of the molecule is COC(=O)c1ccc(CNCC2CCOC2)cc1F. The van der Waals surface area contributed by atoms with Crippen LogP contribution in [0.2, 0.25) is 0 Å². The molecule has 0 bridgehead atoms. The Bertz CT molecular complexity index is 444. The van der Waals surface area contributed by atoms with Gasteiger partial charge in [-0.1, -0.05) is 6.07 Å². The van der Waals surface area contributed by atoms with Gasteiger partial charge in [-0.3, -0.25) is 0 Å². The van der Waals surface area contributed by atoms with Crippen molar-refractivity contribution in [1.82, 2.24) is 5.32 Å². The highest BCUT2D eigenvalue weighted by Gasteiger charge is 2.15. The van der Waals surface area contributed by atoms with Crippen molar-refractivity contribution in [2.45, 2.75) is 13.0 Å². The minimum absolute atomic E-state index is 0.0320. The molecule has 1 aromatic carbocycles. The maximum atomic E-state index is 13.7. The van der Waals surface area contributed by atoms with E-state index in [1.54, 1.807) is 6.07 Å². The van der Waals surface area contributed by atoms with Gasteiger partial charge in [-0.15, -0.1) is 0 Å². The summed E-state index contributed by atoms with van der Waals surface area (Å²) in [6.45, 7) is 3.06. The summed E-state index contributed by atoms with van der Waals surface area (Å²) in [5.74, 6) is -0.658. The van der Waals surface area contributed by atoms with Gasteiger partial charge in [0.05, 0.1) is 19.3 Å². The van der Waals surface area contributed by atoms with Crippen molar-refractivity contribution in [3.05, 3.63) is 35.1 Å². The number of carbonyl (C=O) groups excluding carboxylic acids is 1. The van der Waals surface area contributed by atoms with Crippen LogP contribution in [0, 0.1) is 11.7 Å². The van der Waals surface area contributed by atoms with Crippen molar-refractivity contribution in [1.29, 1.82) is 0 Å². The molecule has 1 unspecified atom stereocenters. The molecule has 104 valence electrons. The zero-order valence-electron chi connectivity index (χ0n) is 10.9. The molecule has 4 nitrogen and oxygen atoms in total. The second kappa shape index (κ2) is 6.63. The van der Waals surface area contributed by atoms with Gasteiger partial charge in [0.2, 0.25) is 0 Å². The number of hydrogen-bond acceptors (Lipinski definition) is 4. The average molecular weight is 267 g/mol. The third-order valence-electron chi connectivity index (χ3n) is 3.22. The molecule has 1 fully saturated rings. The van der Waals surface area contributed by atoms with Crippen LogP contribution in [0.3, 0.4) is 0 Å². The highest BCUT2D eigenvalue weighted by atomic mass is 19.1. The molecular formula is C14H18FNO3. The molecule has 1 heterocycles. The Balaban J connectivity index is 1.87. The monoisotopic (exact) mass is 267 g/mol. The molecule has 0 spiro atoms. The van der Waals surface area contributed by atoms with E-state index in [0.29, 0.717) is 12.5 Å². The summed E-state index contributed by atoms with van der Waals surface area (Å²) in [5, 5.41) is 3.27. The molecular weight excluding hydrogens is 249 g/mol. The quantitative estimate of drug-likeness (QED) is 0.825. The summed E-state index contributed by atoms with van der Waals surface area (Å²) in [5.41, 5.74) is 0.777. The molecule has 0 amide bonds. The predicted octanol–water partition coefficient (Wildman–Crippen LogP) is 1.74. The summed E-state index contributed by atoms with van der Waals surface area (Å²) in [4.78, 5) is 11.2. The molecule has 0 saturated carbocycles. The Morgan fingerprint density at radius 3 is 3.05 bits per heavy atom. The highest BCUT2D eigenvalue weighted by Crippen LogP contribution is 2.13. The first kappa shape index (κ1) is 14.0. The molecule has 1 aliphatic rings. The number of carbonyl (C=O) groups is 1. The van der Waals surface area contributed by atoms with Crippen LogP contribution < -0.4 is 5.32 Å². The first-order chi connectivity index (χ1) is 9.20. The van der Waals surface area contributed by atoms with Crippen molar-refractivity contribution < 1.29 is 18.7 Å². The number of hydrogen-bond donors (Lipinski definition) is 1. The summed E-state index contributed by atoms with van der Waals surface area (Å²) in [6, 6.07) is 4.55. The Labute approximate surface area is 111 Å². The Morgan fingerprint density at radius 2 is 2.42 bits per heavy atom. The fourth-order valence-electron chi connectivity index (χ4n) is 2.11. The first-order valence-electron chi connectivity index (χ1n) is 6.36. The summed E-state index contributed by atoms with van der Waals surface area (Å²) in [6.07, 6.45) is 1.07. The van der Waals surface area contributed by atoms with Crippen LogP contribution in [-0.2, 0) is 16.0 Å². The number of ether oxygens (including phenoxy) is 2. The lowest BCUT2D eigenvalue weighted by Crippen LogP contribution is -2.22. The number of nitrogens with one attached hydrogen (secondary N) is 1. The molecule has 2 rings (SSSR count). The molecule has 19 heavy (non-hydrogen) atoms. The van der Waals surface area contributed by atoms with E-state index in [0.717, 1.165) is 31.7 Å². The highest BCUT2D eigenvalue weighted by molar-refractivity contribution is 5.89. The number of esters is 1. The van der Waals surface area contributed by atoms with Crippen LogP contribution >= 0.6 is 0 Å². The lowest BCUT2D eigenvalue weighted by molar-refractivity contribution is 0.0595. The van der Waals surface area contributed by atoms with Gasteiger partial charge >= 0.3 is 5.97 Å². The van der Waals surface area contributed by atoms with Crippen LogP contribution in [0.25, 0.3) is 0 Å². The van der Waals surface area contributed by atoms with E-state index >= 15 is 0 Å². The standard InChI is InChI=1S/C14H18FNO3/c1-18-14(17)12-3-2-10(6-13(12)15)7-16-8-11-4-5-19-9-11/h2-3,6,11,16H,4-5,7-9H2,1H3. The van der Waals surface area contributed by atoms with E-state index in [9.17, 15) is 9.18 Å². The van der Waals surface area contributed by atoms with E-state index in [4.69, 9.17) is 4.74 Å². The minimum Gasteiger partial charge on any atom is -0.465 e. The van der Waals surface area contributed by atoms with Crippen molar-refractivity contribution in [3.8, 4) is 0 Å². The van der Waals surface area contributed by atoms with Gasteiger partial charge in [0.15, 0.2) is 0 Å². The van der Waals surface area contributed by atoms with Gasteiger partial charge in [-0.2, -0.15) is 0 Å². The van der Waals surface area contributed by atoms with Crippen LogP contribution in [0.4, 0.5) is 4.39 Å². The third kappa shape index (κ3) is 3.75. The zero-order chi connectivity index (χ0) is 13.7. The van der Waals surface area contributed by atoms with Gasteiger partial charge in [0, 0.05) is 19.7 Å². The Hall–Kier alpha value is -1.46. The van der Waals surface area contributed by atoms with Crippen molar-refractivity contribution in [2.24, 2.45) is 5.92 Å². The number of halogens is 1. The maximum Gasteiger partial charge on any atom is 0.340 e. The van der Waals surface area contributed by atoms with Crippen molar-refractivity contribution in [2.75, 3.05) is 26.9 Å².